The maximum atomic E-state index is 13.2. The molecule has 0 aromatic carbocycles. The van der Waals surface area contributed by atoms with Gasteiger partial charge in [-0.25, -0.2) is 9.18 Å². The standard InChI is InChI=1S/C23H41FO6/c1-3-4-8-12-23(2,29)13-11-18-17(20(26)16-21(18)30-15-14-25)9-6-5-7-10-19(24)22(27)28/h17-19,21,25,29H,3-16H2,1-2H3,(H,27,28)/t17-,18-,19?,21-,23?/m1/s1. The van der Waals surface area contributed by atoms with Gasteiger partial charge in [-0.15, -0.1) is 0 Å². The zero-order chi connectivity index (χ0) is 22.6. The first-order chi connectivity index (χ1) is 14.2. The fraction of sp³-hybridized carbons (Fsp3) is 0.913. The minimum Gasteiger partial charge on any atom is -0.479 e. The van der Waals surface area contributed by atoms with Crippen LogP contribution in [0.25, 0.3) is 0 Å². The van der Waals surface area contributed by atoms with E-state index in [1.807, 2.05) is 6.92 Å². The van der Waals surface area contributed by atoms with E-state index in [1.54, 1.807) is 0 Å². The molecule has 7 heteroatoms. The second kappa shape index (κ2) is 14.1. The second-order valence-corrected chi connectivity index (χ2v) is 9.01. The van der Waals surface area contributed by atoms with Crippen molar-refractivity contribution in [1.82, 2.24) is 0 Å². The largest absolute Gasteiger partial charge is 0.479 e. The van der Waals surface area contributed by atoms with Crippen LogP contribution in [0.5, 0.6) is 0 Å². The van der Waals surface area contributed by atoms with Gasteiger partial charge < -0.3 is 20.1 Å². The third-order valence-corrected chi connectivity index (χ3v) is 6.31. The van der Waals surface area contributed by atoms with Crippen LogP contribution in [-0.4, -0.2) is 58.2 Å². The number of ketones is 1. The number of Topliss-reactive ketones (excluding diaryl/α,β-unsaturated/α-hetero) is 1. The molecular formula is C23H41FO6. The highest BCUT2D eigenvalue weighted by Crippen LogP contribution is 2.39. The average molecular weight is 433 g/mol. The number of carboxylic acid groups (broad SMARTS) is 1. The van der Waals surface area contributed by atoms with Crippen molar-refractivity contribution in [2.45, 2.75) is 109 Å². The van der Waals surface area contributed by atoms with Crippen molar-refractivity contribution in [1.29, 1.82) is 0 Å². The monoisotopic (exact) mass is 432 g/mol. The summed E-state index contributed by atoms with van der Waals surface area (Å²) < 4.78 is 18.9. The lowest BCUT2D eigenvalue weighted by molar-refractivity contribution is -0.143. The van der Waals surface area contributed by atoms with Crippen LogP contribution >= 0.6 is 0 Å². The lowest BCUT2D eigenvalue weighted by atomic mass is 9.82. The van der Waals surface area contributed by atoms with Crippen LogP contribution in [0.4, 0.5) is 4.39 Å². The van der Waals surface area contributed by atoms with Crippen molar-refractivity contribution < 1.29 is 34.0 Å². The molecule has 5 atom stereocenters. The Hall–Kier alpha value is -1.05. The van der Waals surface area contributed by atoms with E-state index in [0.29, 0.717) is 38.5 Å². The maximum absolute atomic E-state index is 13.2. The summed E-state index contributed by atoms with van der Waals surface area (Å²) >= 11 is 0. The third kappa shape index (κ3) is 9.84. The highest BCUT2D eigenvalue weighted by molar-refractivity contribution is 5.84. The molecule has 176 valence electrons. The molecule has 2 unspecified atom stereocenters. The molecule has 1 rings (SSSR count). The minimum absolute atomic E-state index is 0.000236. The first kappa shape index (κ1) is 27.0. The number of rotatable bonds is 17. The van der Waals surface area contributed by atoms with E-state index in [9.17, 15) is 19.1 Å². The van der Waals surface area contributed by atoms with Crippen molar-refractivity contribution in [2.75, 3.05) is 13.2 Å². The van der Waals surface area contributed by atoms with Crippen molar-refractivity contribution in [3.63, 3.8) is 0 Å². The third-order valence-electron chi connectivity index (χ3n) is 6.31. The van der Waals surface area contributed by atoms with E-state index in [0.717, 1.165) is 32.1 Å². The normalized spacial score (nSPS) is 24.7. The van der Waals surface area contributed by atoms with Gasteiger partial charge in [-0.2, -0.15) is 0 Å². The van der Waals surface area contributed by atoms with E-state index in [1.165, 1.54) is 0 Å². The smallest absolute Gasteiger partial charge is 0.338 e. The molecule has 1 fully saturated rings. The number of hydrogen-bond donors (Lipinski definition) is 3. The molecule has 1 saturated carbocycles. The van der Waals surface area contributed by atoms with Crippen molar-refractivity contribution in [2.24, 2.45) is 11.8 Å². The number of carbonyl (C=O) groups is 2. The molecule has 0 bridgehead atoms. The molecule has 0 spiro atoms. The molecule has 1 aliphatic rings. The van der Waals surface area contributed by atoms with Gasteiger partial charge in [0.1, 0.15) is 5.78 Å². The van der Waals surface area contributed by atoms with Gasteiger partial charge in [-0.3, -0.25) is 4.79 Å². The van der Waals surface area contributed by atoms with Gasteiger partial charge in [0.15, 0.2) is 6.17 Å². The van der Waals surface area contributed by atoms with Crippen LogP contribution in [0.3, 0.4) is 0 Å². The lowest BCUT2D eigenvalue weighted by Gasteiger charge is -2.29. The van der Waals surface area contributed by atoms with E-state index < -0.39 is 17.7 Å². The van der Waals surface area contributed by atoms with Crippen LogP contribution in [0, 0.1) is 11.8 Å². The zero-order valence-corrected chi connectivity index (χ0v) is 18.7. The number of aliphatic hydroxyl groups excluding tert-OH is 1. The van der Waals surface area contributed by atoms with Crippen LogP contribution in [-0.2, 0) is 14.3 Å². The molecule has 0 aliphatic heterocycles. The minimum atomic E-state index is -1.82. The topological polar surface area (TPSA) is 104 Å². The van der Waals surface area contributed by atoms with Gasteiger partial charge in [0.25, 0.3) is 0 Å². The number of carbonyl (C=O) groups excluding carboxylic acids is 1. The molecule has 30 heavy (non-hydrogen) atoms. The summed E-state index contributed by atoms with van der Waals surface area (Å²) in [4.78, 5) is 23.2. The van der Waals surface area contributed by atoms with Crippen molar-refractivity contribution in [3.05, 3.63) is 0 Å². The number of alkyl halides is 1. The molecule has 3 N–H and O–H groups in total. The number of aliphatic hydroxyl groups is 2. The van der Waals surface area contributed by atoms with Gasteiger partial charge >= 0.3 is 5.97 Å². The van der Waals surface area contributed by atoms with Crippen LogP contribution in [0.2, 0.25) is 0 Å². The number of ether oxygens (including phenoxy) is 1. The zero-order valence-electron chi connectivity index (χ0n) is 18.7. The summed E-state index contributed by atoms with van der Waals surface area (Å²) in [5.41, 5.74) is -0.764. The van der Waals surface area contributed by atoms with Gasteiger partial charge in [0.05, 0.1) is 24.9 Å². The maximum Gasteiger partial charge on any atom is 0.338 e. The van der Waals surface area contributed by atoms with Gasteiger partial charge in [-0.1, -0.05) is 39.0 Å². The molecule has 0 radical (unpaired) electrons. The first-order valence-electron chi connectivity index (χ1n) is 11.6. The van der Waals surface area contributed by atoms with Gasteiger partial charge in [-0.05, 0) is 51.4 Å². The highest BCUT2D eigenvalue weighted by atomic mass is 19.1. The van der Waals surface area contributed by atoms with Gasteiger partial charge in [0.2, 0.25) is 0 Å². The quantitative estimate of drug-likeness (QED) is 0.300. The molecule has 1 aliphatic carbocycles. The Balaban J connectivity index is 2.58. The van der Waals surface area contributed by atoms with Crippen LogP contribution in [0.1, 0.15) is 90.9 Å². The Morgan fingerprint density at radius 3 is 2.57 bits per heavy atom. The summed E-state index contributed by atoms with van der Waals surface area (Å²) in [6.45, 7) is 4.09. The van der Waals surface area contributed by atoms with E-state index in [2.05, 4.69) is 6.92 Å². The Bertz CT molecular complexity index is 510. The second-order valence-electron chi connectivity index (χ2n) is 9.01. The first-order valence-corrected chi connectivity index (χ1v) is 11.6. The Morgan fingerprint density at radius 1 is 1.20 bits per heavy atom. The molecule has 0 heterocycles. The van der Waals surface area contributed by atoms with Crippen molar-refractivity contribution in [3.8, 4) is 0 Å². The van der Waals surface area contributed by atoms with E-state index in [-0.39, 0.29) is 43.4 Å². The average Bonchev–Trinajstić information content (AvgIpc) is 2.99. The van der Waals surface area contributed by atoms with Crippen LogP contribution < -0.4 is 0 Å². The SMILES string of the molecule is CCCCCC(C)(O)CC[C@H]1[C@H](OCCO)CC(=O)[C@@H]1CCCCCC(F)C(=O)O. The predicted molar refractivity (Wildman–Crippen MR) is 113 cm³/mol. The lowest BCUT2D eigenvalue weighted by Crippen LogP contribution is -2.30. The number of hydrogen-bond acceptors (Lipinski definition) is 5. The summed E-state index contributed by atoms with van der Waals surface area (Å²) in [6.07, 6.45) is 6.05. The Morgan fingerprint density at radius 2 is 1.93 bits per heavy atom. The summed E-state index contributed by atoms with van der Waals surface area (Å²) in [5.74, 6) is -1.41. The molecule has 0 aromatic heterocycles. The summed E-state index contributed by atoms with van der Waals surface area (Å²) in [5, 5.41) is 28.4. The van der Waals surface area contributed by atoms with E-state index >= 15 is 0 Å². The number of carboxylic acids is 1. The fourth-order valence-corrected chi connectivity index (χ4v) is 4.49. The number of halogens is 1. The summed E-state index contributed by atoms with van der Waals surface area (Å²) in [6, 6.07) is 0. The fourth-order valence-electron chi connectivity index (χ4n) is 4.49. The molecule has 0 saturated heterocycles. The molecule has 6 nitrogen and oxygen atoms in total. The van der Waals surface area contributed by atoms with Crippen molar-refractivity contribution >= 4 is 11.8 Å². The highest BCUT2D eigenvalue weighted by Gasteiger charge is 2.42. The molecule has 0 amide bonds. The summed E-state index contributed by atoms with van der Waals surface area (Å²) in [7, 11) is 0. The molecule has 0 aromatic rings. The number of unbranched alkanes of at least 4 members (excludes halogenated alkanes) is 4. The van der Waals surface area contributed by atoms with Gasteiger partial charge in [0, 0.05) is 12.3 Å². The Labute approximate surface area is 180 Å². The predicted octanol–water partition coefficient (Wildman–Crippen LogP) is 4.05. The Kier molecular flexibility index (Phi) is 12.7. The number of aliphatic carboxylic acids is 1. The van der Waals surface area contributed by atoms with E-state index in [4.69, 9.17) is 14.9 Å². The van der Waals surface area contributed by atoms with Crippen LogP contribution in [0.15, 0.2) is 0 Å². The molecular weight excluding hydrogens is 391 g/mol.